The van der Waals surface area contributed by atoms with Gasteiger partial charge in [-0.05, 0) is 11.8 Å². The zero-order valence-corrected chi connectivity index (χ0v) is 10.5. The van der Waals surface area contributed by atoms with Crippen molar-refractivity contribution in [3.8, 4) is 0 Å². The van der Waals surface area contributed by atoms with Crippen LogP contribution in [-0.2, 0) is 19.0 Å². The van der Waals surface area contributed by atoms with E-state index in [9.17, 15) is 14.7 Å². The fourth-order valence-corrected chi connectivity index (χ4v) is 1.35. The van der Waals surface area contributed by atoms with Gasteiger partial charge in [0.1, 0.15) is 12.6 Å². The van der Waals surface area contributed by atoms with Crippen molar-refractivity contribution in [2.45, 2.75) is 6.04 Å². The number of quaternary nitrogens is 1. The zero-order chi connectivity index (χ0) is 13.1. The van der Waals surface area contributed by atoms with Crippen LogP contribution in [0.5, 0.6) is 0 Å². The highest BCUT2D eigenvalue weighted by molar-refractivity contribution is 8.13. The number of hydrogen-bond acceptors (Lipinski definition) is 7. The Kier molecular flexibility index (Phi) is 9.83. The van der Waals surface area contributed by atoms with Gasteiger partial charge in [-0.1, -0.05) is 0 Å². The number of carboxylic acid groups (broad SMARTS) is 1. The van der Waals surface area contributed by atoms with E-state index in [0.29, 0.717) is 13.2 Å². The van der Waals surface area contributed by atoms with Crippen molar-refractivity contribution in [3.05, 3.63) is 0 Å². The smallest absolute Gasteiger partial charge is 0.367 e. The van der Waals surface area contributed by atoms with Gasteiger partial charge in [-0.15, -0.1) is 0 Å². The summed E-state index contributed by atoms with van der Waals surface area (Å²) >= 11 is 0.756. The summed E-state index contributed by atoms with van der Waals surface area (Å²) in [4.78, 5) is 21.4. The third kappa shape index (κ3) is 10.1. The largest absolute Gasteiger partial charge is 0.544 e. The van der Waals surface area contributed by atoms with Crippen molar-refractivity contribution in [2.75, 3.05) is 39.3 Å². The molecule has 8 heteroatoms. The van der Waals surface area contributed by atoms with Crippen LogP contribution in [0.4, 0.5) is 4.79 Å². The molecule has 0 amide bonds. The van der Waals surface area contributed by atoms with Crippen molar-refractivity contribution in [1.29, 1.82) is 0 Å². The molecule has 0 saturated heterocycles. The maximum atomic E-state index is 11.1. The van der Waals surface area contributed by atoms with Gasteiger partial charge in [0.2, 0.25) is 0 Å². The number of ether oxygens (including phenoxy) is 3. The maximum absolute atomic E-state index is 11.1. The average Bonchev–Trinajstić information content (AvgIpc) is 2.30. The lowest BCUT2D eigenvalue weighted by molar-refractivity contribution is -0.431. The second kappa shape index (κ2) is 10.3. The van der Waals surface area contributed by atoms with Gasteiger partial charge >= 0.3 is 5.30 Å². The van der Waals surface area contributed by atoms with Gasteiger partial charge in [-0.25, -0.2) is 4.79 Å². The van der Waals surface area contributed by atoms with Crippen LogP contribution >= 0.6 is 11.8 Å². The lowest BCUT2D eigenvalue weighted by atomic mass is 10.4. The van der Waals surface area contributed by atoms with Crippen LogP contribution in [0.25, 0.3) is 0 Å². The molecule has 0 saturated carbocycles. The molecular formula is C9H17NO6S. The van der Waals surface area contributed by atoms with Gasteiger partial charge in [-0.3, -0.25) is 0 Å². The van der Waals surface area contributed by atoms with Crippen LogP contribution in [0.1, 0.15) is 0 Å². The van der Waals surface area contributed by atoms with Crippen LogP contribution in [0, 0.1) is 0 Å². The summed E-state index contributed by atoms with van der Waals surface area (Å²) in [6.07, 6.45) is 0. The van der Waals surface area contributed by atoms with E-state index in [0.717, 1.165) is 11.8 Å². The Morgan fingerprint density at radius 2 is 1.94 bits per heavy atom. The molecule has 0 aliphatic carbocycles. The number of hydrogen-bond donors (Lipinski definition) is 1. The molecule has 0 radical (unpaired) electrons. The Morgan fingerprint density at radius 1 is 1.29 bits per heavy atom. The molecule has 0 bridgehead atoms. The van der Waals surface area contributed by atoms with Crippen molar-refractivity contribution >= 4 is 23.0 Å². The maximum Gasteiger partial charge on any atom is 0.367 e. The highest BCUT2D eigenvalue weighted by atomic mass is 32.2. The average molecular weight is 267 g/mol. The van der Waals surface area contributed by atoms with Crippen molar-refractivity contribution < 1.29 is 34.6 Å². The standard InChI is InChI=1S/C9H17NO6S/c1-14-2-3-15-4-5-16-9(13)17-6-7(10)8(11)12/h7H,2-6,10H2,1H3,(H,11,12)/t7-/m0/s1. The monoisotopic (exact) mass is 267 g/mol. The van der Waals surface area contributed by atoms with E-state index in [4.69, 9.17) is 14.2 Å². The van der Waals surface area contributed by atoms with Gasteiger partial charge < -0.3 is 29.8 Å². The van der Waals surface area contributed by atoms with Crippen LogP contribution in [-0.4, -0.2) is 56.6 Å². The van der Waals surface area contributed by atoms with Gasteiger partial charge in [0.05, 0.1) is 31.5 Å². The first-order valence-electron chi connectivity index (χ1n) is 4.98. The van der Waals surface area contributed by atoms with Gasteiger partial charge in [0.15, 0.2) is 0 Å². The summed E-state index contributed by atoms with van der Waals surface area (Å²) in [5, 5.41) is 9.76. The highest BCUT2D eigenvalue weighted by Gasteiger charge is 2.11. The van der Waals surface area contributed by atoms with Crippen LogP contribution in [0.15, 0.2) is 0 Å². The van der Waals surface area contributed by atoms with Crippen LogP contribution in [0.3, 0.4) is 0 Å². The Hall–Kier alpha value is -0.830. The normalized spacial score (nSPS) is 12.1. The molecule has 0 fully saturated rings. The molecule has 100 valence electrons. The van der Waals surface area contributed by atoms with E-state index in [1.165, 1.54) is 0 Å². The van der Waals surface area contributed by atoms with Gasteiger partial charge in [0.25, 0.3) is 0 Å². The predicted octanol–water partition coefficient (Wildman–Crippen LogP) is -2.12. The fourth-order valence-electron chi connectivity index (χ4n) is 0.707. The summed E-state index contributed by atoms with van der Waals surface area (Å²) in [7, 11) is 1.56. The molecule has 3 N–H and O–H groups in total. The molecule has 7 nitrogen and oxygen atoms in total. The van der Waals surface area contributed by atoms with Crippen molar-refractivity contribution in [1.82, 2.24) is 0 Å². The molecule has 0 aromatic heterocycles. The first-order chi connectivity index (χ1) is 8.07. The number of carbonyl (C=O) groups is 2. The number of methoxy groups -OCH3 is 1. The number of carboxylic acids is 1. The topological polar surface area (TPSA) is 113 Å². The number of rotatable bonds is 9. The summed E-state index contributed by atoms with van der Waals surface area (Å²) in [6, 6.07) is -0.925. The van der Waals surface area contributed by atoms with E-state index in [1.54, 1.807) is 7.11 Å². The zero-order valence-electron chi connectivity index (χ0n) is 9.68. The third-order valence-corrected chi connectivity index (χ3v) is 2.54. The van der Waals surface area contributed by atoms with E-state index in [1.807, 2.05) is 0 Å². The van der Waals surface area contributed by atoms with Crippen molar-refractivity contribution in [2.24, 2.45) is 0 Å². The summed E-state index contributed by atoms with van der Waals surface area (Å²) < 4.78 is 14.6. The second-order valence-electron chi connectivity index (χ2n) is 3.03. The molecule has 0 aliphatic heterocycles. The lowest BCUT2D eigenvalue weighted by Gasteiger charge is -2.08. The predicted molar refractivity (Wildman–Crippen MR) is 58.2 cm³/mol. The van der Waals surface area contributed by atoms with E-state index in [-0.39, 0.29) is 19.0 Å². The van der Waals surface area contributed by atoms with Crippen molar-refractivity contribution in [3.63, 3.8) is 0 Å². The van der Waals surface area contributed by atoms with E-state index in [2.05, 4.69) is 5.73 Å². The molecule has 1 atom stereocenters. The van der Waals surface area contributed by atoms with E-state index >= 15 is 0 Å². The fraction of sp³-hybridized carbons (Fsp3) is 0.778. The minimum absolute atomic E-state index is 0.0334. The Labute approximate surface area is 104 Å². The van der Waals surface area contributed by atoms with E-state index < -0.39 is 17.3 Å². The third-order valence-electron chi connectivity index (χ3n) is 1.62. The molecule has 0 spiro atoms. The summed E-state index contributed by atoms with van der Waals surface area (Å²) in [6.45, 7) is 1.33. The highest BCUT2D eigenvalue weighted by Crippen LogP contribution is 2.05. The lowest BCUT2D eigenvalue weighted by Crippen LogP contribution is -2.69. The molecular weight excluding hydrogens is 250 g/mol. The molecule has 0 aromatic rings. The Bertz CT molecular complexity index is 238. The van der Waals surface area contributed by atoms with Gasteiger partial charge in [-0.2, -0.15) is 0 Å². The molecule has 0 unspecified atom stereocenters. The first-order valence-corrected chi connectivity index (χ1v) is 5.96. The quantitative estimate of drug-likeness (QED) is 0.375. The summed E-state index contributed by atoms with van der Waals surface area (Å²) in [5.74, 6) is -1.25. The minimum atomic E-state index is -1.28. The molecule has 0 rings (SSSR count). The SMILES string of the molecule is COCCOCCOC(=O)SC[C@H]([NH3+])C(=O)[O-]. The first kappa shape index (κ1) is 16.2. The molecule has 0 aromatic carbocycles. The number of thioether (sulfide) groups is 1. The van der Waals surface area contributed by atoms with Crippen LogP contribution < -0.4 is 10.8 Å². The minimum Gasteiger partial charge on any atom is -0.544 e. The summed E-state index contributed by atoms with van der Waals surface area (Å²) in [5.41, 5.74) is 3.31. The molecule has 0 heterocycles. The number of carbonyl (C=O) groups excluding carboxylic acids is 2. The second-order valence-corrected chi connectivity index (χ2v) is 3.99. The van der Waals surface area contributed by atoms with Gasteiger partial charge in [0, 0.05) is 7.11 Å². The Balaban J connectivity index is 3.38. The molecule has 17 heavy (non-hydrogen) atoms. The molecule has 0 aliphatic rings. The van der Waals surface area contributed by atoms with Crippen LogP contribution in [0.2, 0.25) is 0 Å². The number of aliphatic carboxylic acids is 1. The Morgan fingerprint density at radius 3 is 2.53 bits per heavy atom.